The Hall–Kier alpha value is -2.89. The fourth-order valence-electron chi connectivity index (χ4n) is 4.31. The summed E-state index contributed by atoms with van der Waals surface area (Å²) < 4.78 is 22.1. The minimum atomic E-state index is -0.288. The normalized spacial score (nSPS) is 19.2. The van der Waals surface area contributed by atoms with Gasteiger partial charge in [-0.15, -0.1) is 0 Å². The predicted molar refractivity (Wildman–Crippen MR) is 112 cm³/mol. The molecule has 0 fully saturated rings. The van der Waals surface area contributed by atoms with E-state index in [0.717, 1.165) is 28.2 Å². The molecule has 156 valence electrons. The van der Waals surface area contributed by atoms with Crippen LogP contribution in [0.2, 0.25) is 0 Å². The van der Waals surface area contributed by atoms with E-state index in [2.05, 4.69) is 25.1 Å². The first-order valence-corrected chi connectivity index (χ1v) is 9.56. The third-order valence-electron chi connectivity index (χ3n) is 5.98. The summed E-state index contributed by atoms with van der Waals surface area (Å²) in [5.41, 5.74) is 3.65. The smallest absolute Gasteiger partial charge is 0.160 e. The second kappa shape index (κ2) is 8.23. The van der Waals surface area contributed by atoms with Crippen molar-refractivity contribution < 1.29 is 24.2 Å². The largest absolute Gasteiger partial charge is 0.497 e. The zero-order valence-electron chi connectivity index (χ0n) is 17.9. The number of hydrogen-bond acceptors (Lipinski definition) is 6. The molecule has 0 spiro atoms. The molecule has 6 heteroatoms. The third kappa shape index (κ3) is 3.71. The average Bonchev–Trinajstić information content (AvgIpc) is 2.86. The Morgan fingerprint density at radius 2 is 1.59 bits per heavy atom. The van der Waals surface area contributed by atoms with Gasteiger partial charge in [-0.25, -0.2) is 0 Å². The van der Waals surface area contributed by atoms with Crippen molar-refractivity contribution in [1.29, 1.82) is 0 Å². The fraction of sp³-hybridized carbons (Fsp3) is 0.435. The molecule has 1 unspecified atom stereocenters. The molecule has 0 heterocycles. The minimum Gasteiger partial charge on any atom is -0.497 e. The van der Waals surface area contributed by atoms with Crippen molar-refractivity contribution >= 4 is 5.71 Å². The van der Waals surface area contributed by atoms with Crippen LogP contribution in [0.1, 0.15) is 42.9 Å². The number of nitrogens with zero attached hydrogens (tertiary/aromatic N) is 1. The van der Waals surface area contributed by atoms with E-state index in [1.165, 1.54) is 0 Å². The maximum atomic E-state index is 9.70. The molecule has 6 nitrogen and oxygen atoms in total. The lowest BCUT2D eigenvalue weighted by molar-refractivity contribution is 0.314. The first kappa shape index (κ1) is 20.8. The molecule has 0 saturated heterocycles. The topological polar surface area (TPSA) is 69.5 Å². The molecule has 0 aliphatic heterocycles. The van der Waals surface area contributed by atoms with E-state index < -0.39 is 0 Å². The van der Waals surface area contributed by atoms with Gasteiger partial charge < -0.3 is 24.2 Å². The summed E-state index contributed by atoms with van der Waals surface area (Å²) in [6.07, 6.45) is 1.13. The van der Waals surface area contributed by atoms with Crippen LogP contribution in [0.5, 0.6) is 23.0 Å². The van der Waals surface area contributed by atoms with Crippen LogP contribution in [0.15, 0.2) is 35.5 Å². The van der Waals surface area contributed by atoms with Gasteiger partial charge >= 0.3 is 0 Å². The Balaban J connectivity index is 2.22. The Labute approximate surface area is 172 Å². The van der Waals surface area contributed by atoms with Crippen LogP contribution in [-0.2, 0) is 11.8 Å². The van der Waals surface area contributed by atoms with Gasteiger partial charge in [-0.05, 0) is 47.1 Å². The van der Waals surface area contributed by atoms with E-state index in [1.807, 2.05) is 24.3 Å². The van der Waals surface area contributed by atoms with E-state index in [0.29, 0.717) is 30.1 Å². The summed E-state index contributed by atoms with van der Waals surface area (Å²) in [5.74, 6) is 2.88. The molecule has 0 aromatic heterocycles. The van der Waals surface area contributed by atoms with Crippen molar-refractivity contribution in [2.75, 3.05) is 28.4 Å². The third-order valence-corrected chi connectivity index (χ3v) is 5.98. The molecule has 1 aliphatic rings. The number of benzene rings is 2. The number of methoxy groups -OCH3 is 4. The summed E-state index contributed by atoms with van der Waals surface area (Å²) in [5, 5.41) is 13.3. The Morgan fingerprint density at radius 3 is 2.17 bits per heavy atom. The van der Waals surface area contributed by atoms with Crippen molar-refractivity contribution in [3.05, 3.63) is 47.0 Å². The molecule has 2 aromatic carbocycles. The van der Waals surface area contributed by atoms with Crippen molar-refractivity contribution in [1.82, 2.24) is 0 Å². The molecule has 2 aromatic rings. The second-order valence-electron chi connectivity index (χ2n) is 7.79. The highest BCUT2D eigenvalue weighted by molar-refractivity contribution is 5.89. The van der Waals surface area contributed by atoms with Crippen LogP contribution in [0.25, 0.3) is 0 Å². The van der Waals surface area contributed by atoms with E-state index in [-0.39, 0.29) is 11.3 Å². The van der Waals surface area contributed by atoms with E-state index in [4.69, 9.17) is 18.9 Å². The molecule has 0 amide bonds. The van der Waals surface area contributed by atoms with Gasteiger partial charge in [-0.1, -0.05) is 25.1 Å². The zero-order chi connectivity index (χ0) is 21.2. The summed E-state index contributed by atoms with van der Waals surface area (Å²) >= 11 is 0. The Morgan fingerprint density at radius 1 is 0.897 bits per heavy atom. The molecule has 1 aliphatic carbocycles. The Bertz CT molecular complexity index is 920. The first-order chi connectivity index (χ1) is 13.9. The van der Waals surface area contributed by atoms with Crippen LogP contribution in [-0.4, -0.2) is 39.4 Å². The van der Waals surface area contributed by atoms with Gasteiger partial charge in [0, 0.05) is 18.1 Å². The summed E-state index contributed by atoms with van der Waals surface area (Å²) in [7, 11) is 6.55. The van der Waals surface area contributed by atoms with Gasteiger partial charge in [0.15, 0.2) is 11.5 Å². The van der Waals surface area contributed by atoms with E-state index >= 15 is 0 Å². The fourth-order valence-corrected chi connectivity index (χ4v) is 4.31. The molecule has 1 atom stereocenters. The van der Waals surface area contributed by atoms with Crippen molar-refractivity contribution in [3.63, 3.8) is 0 Å². The summed E-state index contributed by atoms with van der Waals surface area (Å²) in [6, 6.07) is 9.90. The standard InChI is InChI=1S/C23H29NO5/c1-23(2)18(14-7-8-20(27-4)22(9-14)29-6)11-15(24-25)10-17-19(23)12-16(26-3)13-21(17)28-5/h7-9,12-13,18,25H,10-11H2,1-6H3. The number of rotatable bonds is 5. The second-order valence-corrected chi connectivity index (χ2v) is 7.79. The van der Waals surface area contributed by atoms with Crippen molar-refractivity contribution in [2.45, 2.75) is 38.0 Å². The maximum absolute atomic E-state index is 9.70. The maximum Gasteiger partial charge on any atom is 0.160 e. The number of ether oxygens (including phenoxy) is 4. The molecule has 1 N–H and O–H groups in total. The highest BCUT2D eigenvalue weighted by Gasteiger charge is 2.39. The molecule has 3 rings (SSSR count). The molecule has 0 radical (unpaired) electrons. The van der Waals surface area contributed by atoms with Crippen LogP contribution < -0.4 is 18.9 Å². The minimum absolute atomic E-state index is 0.0475. The van der Waals surface area contributed by atoms with Crippen molar-refractivity contribution in [3.8, 4) is 23.0 Å². The van der Waals surface area contributed by atoms with Gasteiger partial charge in [0.05, 0.1) is 34.2 Å². The van der Waals surface area contributed by atoms with Crippen LogP contribution in [0, 0.1) is 0 Å². The summed E-state index contributed by atoms with van der Waals surface area (Å²) in [4.78, 5) is 0. The van der Waals surface area contributed by atoms with Crippen LogP contribution >= 0.6 is 0 Å². The van der Waals surface area contributed by atoms with Gasteiger partial charge in [0.25, 0.3) is 0 Å². The molecular weight excluding hydrogens is 370 g/mol. The van der Waals surface area contributed by atoms with Gasteiger partial charge in [0.2, 0.25) is 0 Å². The Kier molecular flexibility index (Phi) is 5.91. The molecule has 0 saturated carbocycles. The predicted octanol–water partition coefficient (Wildman–Crippen LogP) is 4.56. The van der Waals surface area contributed by atoms with E-state index in [1.54, 1.807) is 28.4 Å². The van der Waals surface area contributed by atoms with Gasteiger partial charge in [-0.2, -0.15) is 0 Å². The average molecular weight is 399 g/mol. The molecule has 0 bridgehead atoms. The lowest BCUT2D eigenvalue weighted by Gasteiger charge is -2.35. The molecular formula is C23H29NO5. The number of oxime groups is 1. The monoisotopic (exact) mass is 399 g/mol. The highest BCUT2D eigenvalue weighted by Crippen LogP contribution is 2.49. The summed E-state index contributed by atoms with van der Waals surface area (Å²) in [6.45, 7) is 4.40. The molecule has 29 heavy (non-hydrogen) atoms. The quantitative estimate of drug-likeness (QED) is 0.453. The van der Waals surface area contributed by atoms with Crippen LogP contribution in [0.4, 0.5) is 0 Å². The van der Waals surface area contributed by atoms with Crippen LogP contribution in [0.3, 0.4) is 0 Å². The van der Waals surface area contributed by atoms with Crippen molar-refractivity contribution in [2.24, 2.45) is 5.16 Å². The lowest BCUT2D eigenvalue weighted by atomic mass is 9.69. The van der Waals surface area contributed by atoms with Gasteiger partial charge in [-0.3, -0.25) is 0 Å². The zero-order valence-corrected chi connectivity index (χ0v) is 17.9. The number of fused-ring (bicyclic) bond motifs is 1. The lowest BCUT2D eigenvalue weighted by Crippen LogP contribution is -2.27. The van der Waals surface area contributed by atoms with E-state index in [9.17, 15) is 5.21 Å². The van der Waals surface area contributed by atoms with Gasteiger partial charge in [0.1, 0.15) is 11.5 Å². The first-order valence-electron chi connectivity index (χ1n) is 9.56. The highest BCUT2D eigenvalue weighted by atomic mass is 16.5. The number of hydrogen-bond donors (Lipinski definition) is 1. The SMILES string of the molecule is COc1cc(OC)c2c(c1)C(C)(C)C(c1ccc(OC)c(OC)c1)CC(=NO)C2.